The summed E-state index contributed by atoms with van der Waals surface area (Å²) < 4.78 is 16.1. The number of nitrogens with zero attached hydrogens (tertiary/aromatic N) is 1. The number of nitro benzene ring substituents is 1. The summed E-state index contributed by atoms with van der Waals surface area (Å²) in [4.78, 5) is 10.2. The summed E-state index contributed by atoms with van der Waals surface area (Å²) in [7, 11) is 0. The van der Waals surface area contributed by atoms with E-state index < -0.39 is 23.2 Å². The van der Waals surface area contributed by atoms with Crippen LogP contribution in [0.4, 0.5) is 5.69 Å². The van der Waals surface area contributed by atoms with Crippen LogP contribution in [-0.2, 0) is 11.3 Å². The molecule has 3 rings (SSSR count). The number of hydrogen-bond acceptors (Lipinski definition) is 9. The van der Waals surface area contributed by atoms with Crippen LogP contribution in [-0.4, -0.2) is 58.9 Å². The van der Waals surface area contributed by atoms with E-state index in [-0.39, 0.29) is 38.8 Å². The first-order valence-corrected chi connectivity index (χ1v) is 9.39. The topological polar surface area (TPSA) is 144 Å². The minimum Gasteiger partial charge on any atom is -0.454 e. The molecule has 4 N–H and O–H groups in total. The maximum Gasteiger partial charge on any atom is 0.269 e. The molecule has 1 heterocycles. The molecule has 10 heteroatoms. The van der Waals surface area contributed by atoms with Crippen molar-refractivity contribution in [1.82, 2.24) is 5.32 Å². The normalized spacial score (nSPS) is 15.6. The lowest BCUT2D eigenvalue weighted by atomic mass is 10.0. The van der Waals surface area contributed by atoms with E-state index in [1.54, 1.807) is 6.07 Å². The van der Waals surface area contributed by atoms with Gasteiger partial charge in [-0.2, -0.15) is 0 Å². The van der Waals surface area contributed by atoms with Crippen molar-refractivity contribution in [1.29, 1.82) is 0 Å². The fraction of sp³-hybridized carbons (Fsp3) is 0.400. The Bertz CT molecular complexity index is 845. The van der Waals surface area contributed by atoms with Gasteiger partial charge in [0.2, 0.25) is 6.79 Å². The zero-order chi connectivity index (χ0) is 21.5. The summed E-state index contributed by atoms with van der Waals surface area (Å²) in [6, 6.07) is 10.1. The molecule has 0 fully saturated rings. The van der Waals surface area contributed by atoms with Gasteiger partial charge in [-0.05, 0) is 35.4 Å². The summed E-state index contributed by atoms with van der Waals surface area (Å²) in [6.07, 6.45) is -1.96. The molecule has 162 valence electrons. The number of benzene rings is 2. The van der Waals surface area contributed by atoms with Gasteiger partial charge in [-0.25, -0.2) is 0 Å². The lowest BCUT2D eigenvalue weighted by Gasteiger charge is -2.24. The van der Waals surface area contributed by atoms with Gasteiger partial charge < -0.3 is 34.8 Å². The maximum absolute atomic E-state index is 10.7. The molecule has 10 nitrogen and oxygen atoms in total. The minimum absolute atomic E-state index is 0.0488. The van der Waals surface area contributed by atoms with Gasteiger partial charge in [-0.3, -0.25) is 10.1 Å². The second kappa shape index (κ2) is 10.3. The third-order valence-electron chi connectivity index (χ3n) is 4.65. The molecule has 0 saturated heterocycles. The Morgan fingerprint density at radius 3 is 2.57 bits per heavy atom. The summed E-state index contributed by atoms with van der Waals surface area (Å²) in [6.45, 7) is 0.219. The molecule has 2 aromatic rings. The number of fused-ring (bicyclic) bond motifs is 1. The molecule has 0 amide bonds. The van der Waals surface area contributed by atoms with E-state index in [1.807, 2.05) is 12.1 Å². The van der Waals surface area contributed by atoms with Crippen molar-refractivity contribution in [3.63, 3.8) is 0 Å². The van der Waals surface area contributed by atoms with Crippen LogP contribution in [0.25, 0.3) is 0 Å². The quantitative estimate of drug-likeness (QED) is 0.308. The van der Waals surface area contributed by atoms with E-state index in [0.29, 0.717) is 17.1 Å². The first-order valence-electron chi connectivity index (χ1n) is 9.39. The van der Waals surface area contributed by atoms with Gasteiger partial charge in [-0.15, -0.1) is 0 Å². The first kappa shape index (κ1) is 21.9. The third kappa shape index (κ3) is 5.65. The predicted molar refractivity (Wildman–Crippen MR) is 105 cm³/mol. The van der Waals surface area contributed by atoms with Crippen molar-refractivity contribution in [2.75, 3.05) is 26.6 Å². The van der Waals surface area contributed by atoms with Crippen LogP contribution in [0, 0.1) is 10.1 Å². The summed E-state index contributed by atoms with van der Waals surface area (Å²) in [5.41, 5.74) is 1.21. The SMILES string of the molecule is O=[N+]([O-])c1ccc([C@H](O)[C@H](CO)NC[C@H](O)COCc2ccc3c(c2)OCO3)cc1. The molecule has 30 heavy (non-hydrogen) atoms. The van der Waals surface area contributed by atoms with E-state index >= 15 is 0 Å². The van der Waals surface area contributed by atoms with E-state index in [1.165, 1.54) is 24.3 Å². The van der Waals surface area contributed by atoms with Crippen molar-refractivity contribution in [3.8, 4) is 11.5 Å². The highest BCUT2D eigenvalue weighted by atomic mass is 16.7. The average Bonchev–Trinajstić information content (AvgIpc) is 3.22. The third-order valence-corrected chi connectivity index (χ3v) is 4.65. The molecule has 0 bridgehead atoms. The van der Waals surface area contributed by atoms with Crippen molar-refractivity contribution in [2.45, 2.75) is 24.9 Å². The van der Waals surface area contributed by atoms with E-state index in [0.717, 1.165) is 5.56 Å². The predicted octanol–water partition coefficient (Wildman–Crippen LogP) is 0.885. The Labute approximate surface area is 172 Å². The Morgan fingerprint density at radius 1 is 1.13 bits per heavy atom. The lowest BCUT2D eigenvalue weighted by molar-refractivity contribution is -0.384. The molecule has 0 spiro atoms. The molecule has 0 aliphatic carbocycles. The van der Waals surface area contributed by atoms with Crippen LogP contribution in [0.15, 0.2) is 42.5 Å². The van der Waals surface area contributed by atoms with Crippen LogP contribution in [0.3, 0.4) is 0 Å². The number of non-ortho nitro benzene ring substituents is 1. The van der Waals surface area contributed by atoms with E-state index in [9.17, 15) is 25.4 Å². The first-order chi connectivity index (χ1) is 14.5. The second-order valence-corrected chi connectivity index (χ2v) is 6.85. The molecular weight excluding hydrogens is 396 g/mol. The number of nitro groups is 1. The highest BCUT2D eigenvalue weighted by Gasteiger charge is 2.22. The van der Waals surface area contributed by atoms with Crippen LogP contribution < -0.4 is 14.8 Å². The Balaban J connectivity index is 1.43. The Hall–Kier alpha value is -2.76. The number of hydrogen-bond donors (Lipinski definition) is 4. The molecule has 0 saturated carbocycles. The average molecular weight is 420 g/mol. The summed E-state index contributed by atoms with van der Waals surface area (Å²) >= 11 is 0. The van der Waals surface area contributed by atoms with Crippen molar-refractivity contribution in [3.05, 3.63) is 63.7 Å². The number of aliphatic hydroxyl groups is 3. The molecule has 0 unspecified atom stereocenters. The van der Waals surface area contributed by atoms with E-state index in [4.69, 9.17) is 14.2 Å². The number of rotatable bonds is 11. The highest BCUT2D eigenvalue weighted by molar-refractivity contribution is 5.44. The fourth-order valence-corrected chi connectivity index (χ4v) is 2.99. The maximum atomic E-state index is 10.7. The van der Waals surface area contributed by atoms with E-state index in [2.05, 4.69) is 5.32 Å². The highest BCUT2D eigenvalue weighted by Crippen LogP contribution is 2.32. The van der Waals surface area contributed by atoms with Crippen molar-refractivity contribution in [2.24, 2.45) is 0 Å². The van der Waals surface area contributed by atoms with Crippen LogP contribution >= 0.6 is 0 Å². The van der Waals surface area contributed by atoms with Crippen LogP contribution in [0.2, 0.25) is 0 Å². The van der Waals surface area contributed by atoms with Gasteiger partial charge in [0.05, 0.1) is 43.0 Å². The van der Waals surface area contributed by atoms with Gasteiger partial charge in [-0.1, -0.05) is 6.07 Å². The molecular formula is C20H24N2O8. The second-order valence-electron chi connectivity index (χ2n) is 6.85. The fourth-order valence-electron chi connectivity index (χ4n) is 2.99. The van der Waals surface area contributed by atoms with Crippen LogP contribution in [0.1, 0.15) is 17.2 Å². The molecule has 2 aromatic carbocycles. The number of nitrogens with one attached hydrogen (secondary N) is 1. The number of aliphatic hydroxyl groups excluding tert-OH is 3. The minimum atomic E-state index is -1.10. The monoisotopic (exact) mass is 420 g/mol. The zero-order valence-electron chi connectivity index (χ0n) is 16.1. The summed E-state index contributed by atoms with van der Waals surface area (Å²) in [5, 5.41) is 43.7. The van der Waals surface area contributed by atoms with Gasteiger partial charge in [0.15, 0.2) is 11.5 Å². The largest absolute Gasteiger partial charge is 0.454 e. The molecule has 0 aromatic heterocycles. The zero-order valence-corrected chi connectivity index (χ0v) is 16.1. The molecule has 0 radical (unpaired) electrons. The molecule has 1 aliphatic heterocycles. The smallest absolute Gasteiger partial charge is 0.269 e. The van der Waals surface area contributed by atoms with Gasteiger partial charge >= 0.3 is 0 Å². The standard InChI is InChI=1S/C20H24N2O8/c23-9-17(20(25)14-2-4-15(5-3-14)22(26)27)21-8-16(24)11-28-10-13-1-6-18-19(7-13)30-12-29-18/h1-7,16-17,20-21,23-25H,8-12H2/t16-,17-,20-/m0/s1. The molecule has 1 aliphatic rings. The number of ether oxygens (including phenoxy) is 3. The summed E-state index contributed by atoms with van der Waals surface area (Å²) in [5.74, 6) is 1.34. The lowest BCUT2D eigenvalue weighted by Crippen LogP contribution is -2.43. The van der Waals surface area contributed by atoms with Crippen molar-refractivity contribution >= 4 is 5.69 Å². The van der Waals surface area contributed by atoms with Crippen LogP contribution in [0.5, 0.6) is 11.5 Å². The molecule has 3 atom stereocenters. The van der Waals surface area contributed by atoms with Crippen molar-refractivity contribution < 1.29 is 34.5 Å². The van der Waals surface area contributed by atoms with Gasteiger partial charge in [0.25, 0.3) is 5.69 Å². The Kier molecular flexibility index (Phi) is 7.55. The van der Waals surface area contributed by atoms with Gasteiger partial charge in [0.1, 0.15) is 0 Å². The Morgan fingerprint density at radius 2 is 1.87 bits per heavy atom. The van der Waals surface area contributed by atoms with Gasteiger partial charge in [0, 0.05) is 18.7 Å².